The molecule has 0 unspecified atom stereocenters. The largest absolute Gasteiger partial charge is 0.488 e. The van der Waals surface area contributed by atoms with E-state index in [1.807, 2.05) is 0 Å². The van der Waals surface area contributed by atoms with Crippen LogP contribution in [0.2, 0.25) is 0 Å². The van der Waals surface area contributed by atoms with Gasteiger partial charge in [-0.05, 0) is 57.9 Å². The fourth-order valence-electron chi connectivity index (χ4n) is 4.20. The molecule has 1 aromatic carbocycles. The third-order valence-corrected chi connectivity index (χ3v) is 5.66. The molecule has 4 atom stereocenters. The monoisotopic (exact) mass is 444 g/mol. The second-order valence-corrected chi connectivity index (χ2v) is 9.31. The van der Waals surface area contributed by atoms with Gasteiger partial charge in [0.25, 0.3) is 5.92 Å². The first-order valence-corrected chi connectivity index (χ1v) is 10.7. The van der Waals surface area contributed by atoms with Crippen LogP contribution in [0.4, 0.5) is 18.0 Å². The standard InChI is InChI=1S/C22H31F3N2O4/c1-21(2,3)31-20(29)26-16-8-9-17(30-15-6-4-14(23)5-7-15)19(28)18(16)27-12-10-22(24,25)11-13-27/h4-7,16-19,28H,8-13H2,1-3H3,(H,26,29)/t16-,17-,18+,19+/m1/s1. The minimum absolute atomic E-state index is 0.102. The van der Waals surface area contributed by atoms with Crippen molar-refractivity contribution in [3.63, 3.8) is 0 Å². The number of nitrogens with one attached hydrogen (secondary N) is 1. The summed E-state index contributed by atoms with van der Waals surface area (Å²) in [7, 11) is 0. The topological polar surface area (TPSA) is 71.0 Å². The van der Waals surface area contributed by atoms with Gasteiger partial charge in [0, 0.05) is 25.9 Å². The van der Waals surface area contributed by atoms with Gasteiger partial charge in [-0.3, -0.25) is 4.90 Å². The molecule has 1 aliphatic carbocycles. The number of ether oxygens (including phenoxy) is 2. The van der Waals surface area contributed by atoms with E-state index < -0.39 is 47.7 Å². The number of piperidine rings is 1. The zero-order valence-electron chi connectivity index (χ0n) is 18.1. The number of likely N-dealkylation sites (tertiary alicyclic amines) is 1. The van der Waals surface area contributed by atoms with E-state index in [9.17, 15) is 23.1 Å². The molecule has 1 heterocycles. The lowest BCUT2D eigenvalue weighted by Gasteiger charge is -2.47. The normalized spacial score (nSPS) is 29.3. The summed E-state index contributed by atoms with van der Waals surface area (Å²) in [6, 6.07) is 4.39. The van der Waals surface area contributed by atoms with Crippen LogP contribution in [-0.2, 0) is 4.74 Å². The third kappa shape index (κ3) is 6.49. The van der Waals surface area contributed by atoms with Crippen LogP contribution in [0.25, 0.3) is 0 Å². The number of benzene rings is 1. The third-order valence-electron chi connectivity index (χ3n) is 5.66. The maximum atomic E-state index is 13.7. The highest BCUT2D eigenvalue weighted by molar-refractivity contribution is 5.68. The number of carbonyl (C=O) groups excluding carboxylic acids is 1. The van der Waals surface area contributed by atoms with E-state index in [1.54, 1.807) is 25.7 Å². The summed E-state index contributed by atoms with van der Waals surface area (Å²) in [6.45, 7) is 5.45. The molecule has 0 aromatic heterocycles. The lowest BCUT2D eigenvalue weighted by molar-refractivity contribution is -0.107. The number of aliphatic hydroxyl groups is 1. The highest BCUT2D eigenvalue weighted by Gasteiger charge is 2.46. The summed E-state index contributed by atoms with van der Waals surface area (Å²) in [6.07, 6.45) is -1.98. The first-order chi connectivity index (χ1) is 14.4. The molecule has 0 spiro atoms. The summed E-state index contributed by atoms with van der Waals surface area (Å²) in [5.41, 5.74) is -0.686. The van der Waals surface area contributed by atoms with Crippen molar-refractivity contribution >= 4 is 6.09 Å². The smallest absolute Gasteiger partial charge is 0.407 e. The molecular weight excluding hydrogens is 413 g/mol. The van der Waals surface area contributed by atoms with Crippen LogP contribution in [-0.4, -0.2) is 65.0 Å². The Kier molecular flexibility index (Phi) is 7.05. The minimum Gasteiger partial charge on any atom is -0.488 e. The summed E-state index contributed by atoms with van der Waals surface area (Å²) in [4.78, 5) is 14.1. The van der Waals surface area contributed by atoms with Crippen molar-refractivity contribution in [2.24, 2.45) is 0 Å². The molecule has 1 aliphatic heterocycles. The molecule has 1 saturated heterocycles. The van der Waals surface area contributed by atoms with Crippen molar-refractivity contribution in [1.29, 1.82) is 0 Å². The summed E-state index contributed by atoms with van der Waals surface area (Å²) in [5, 5.41) is 13.9. The van der Waals surface area contributed by atoms with Gasteiger partial charge >= 0.3 is 6.09 Å². The van der Waals surface area contributed by atoms with Crippen LogP contribution in [0.5, 0.6) is 5.75 Å². The van der Waals surface area contributed by atoms with Gasteiger partial charge in [-0.25, -0.2) is 18.0 Å². The van der Waals surface area contributed by atoms with Crippen LogP contribution < -0.4 is 10.1 Å². The molecule has 6 nitrogen and oxygen atoms in total. The lowest BCUT2D eigenvalue weighted by atomic mass is 9.83. The molecule has 0 bridgehead atoms. The van der Waals surface area contributed by atoms with E-state index >= 15 is 0 Å². The molecule has 1 amide bonds. The fraction of sp³-hybridized carbons (Fsp3) is 0.682. The van der Waals surface area contributed by atoms with Crippen LogP contribution in [0.1, 0.15) is 46.5 Å². The summed E-state index contributed by atoms with van der Waals surface area (Å²) >= 11 is 0. The quantitative estimate of drug-likeness (QED) is 0.741. The molecule has 2 N–H and O–H groups in total. The van der Waals surface area contributed by atoms with Gasteiger partial charge in [0.15, 0.2) is 0 Å². The van der Waals surface area contributed by atoms with Gasteiger partial charge in [-0.2, -0.15) is 0 Å². The summed E-state index contributed by atoms with van der Waals surface area (Å²) in [5.74, 6) is -2.72. The van der Waals surface area contributed by atoms with Crippen molar-refractivity contribution in [1.82, 2.24) is 10.2 Å². The zero-order valence-corrected chi connectivity index (χ0v) is 18.1. The number of halogens is 3. The Morgan fingerprint density at radius 1 is 1.16 bits per heavy atom. The Morgan fingerprint density at radius 3 is 2.35 bits per heavy atom. The summed E-state index contributed by atoms with van der Waals surface area (Å²) < 4.78 is 51.8. The van der Waals surface area contributed by atoms with Crippen LogP contribution in [0, 0.1) is 5.82 Å². The number of alkyl halides is 2. The predicted molar refractivity (Wildman–Crippen MR) is 109 cm³/mol. The number of carbonyl (C=O) groups is 1. The molecule has 31 heavy (non-hydrogen) atoms. The average molecular weight is 444 g/mol. The van der Waals surface area contributed by atoms with Crippen molar-refractivity contribution in [2.75, 3.05) is 13.1 Å². The first kappa shape index (κ1) is 23.7. The van der Waals surface area contributed by atoms with Gasteiger partial charge in [0.2, 0.25) is 0 Å². The SMILES string of the molecule is CC(C)(C)OC(=O)N[C@@H]1CC[C@@H](Oc2ccc(F)cc2)[C@H](O)[C@H]1N1CCC(F)(F)CC1. The van der Waals surface area contributed by atoms with E-state index in [0.717, 1.165) is 0 Å². The Morgan fingerprint density at radius 2 is 1.77 bits per heavy atom. The highest BCUT2D eigenvalue weighted by Crippen LogP contribution is 2.34. The van der Waals surface area contributed by atoms with Gasteiger partial charge < -0.3 is 19.9 Å². The molecule has 3 rings (SSSR count). The van der Waals surface area contributed by atoms with Crippen molar-refractivity contribution in [3.05, 3.63) is 30.1 Å². The molecule has 174 valence electrons. The number of hydrogen-bond donors (Lipinski definition) is 2. The Labute approximate surface area is 180 Å². The van der Waals surface area contributed by atoms with Crippen molar-refractivity contribution in [3.8, 4) is 5.75 Å². The van der Waals surface area contributed by atoms with E-state index in [4.69, 9.17) is 9.47 Å². The molecular formula is C22H31F3N2O4. The van der Waals surface area contributed by atoms with E-state index in [0.29, 0.717) is 18.6 Å². The second kappa shape index (κ2) is 9.24. The Bertz CT molecular complexity index is 744. The molecule has 0 radical (unpaired) electrons. The number of aliphatic hydroxyl groups excluding tert-OH is 1. The Hall–Kier alpha value is -2.00. The Balaban J connectivity index is 1.74. The van der Waals surface area contributed by atoms with Gasteiger partial charge in [-0.15, -0.1) is 0 Å². The number of hydrogen-bond acceptors (Lipinski definition) is 5. The second-order valence-electron chi connectivity index (χ2n) is 9.31. The molecule has 2 aliphatic rings. The number of alkyl carbamates (subject to hydrolysis) is 1. The molecule has 1 saturated carbocycles. The fourth-order valence-corrected chi connectivity index (χ4v) is 4.20. The zero-order chi connectivity index (χ0) is 22.8. The van der Waals surface area contributed by atoms with Gasteiger partial charge in [0.1, 0.15) is 29.4 Å². The van der Waals surface area contributed by atoms with Crippen molar-refractivity contribution in [2.45, 2.75) is 82.3 Å². The minimum atomic E-state index is -2.73. The van der Waals surface area contributed by atoms with Gasteiger partial charge in [0.05, 0.1) is 12.1 Å². The maximum Gasteiger partial charge on any atom is 0.407 e. The van der Waals surface area contributed by atoms with E-state index in [2.05, 4.69) is 5.32 Å². The van der Waals surface area contributed by atoms with Gasteiger partial charge in [-0.1, -0.05) is 0 Å². The number of nitrogens with zero attached hydrogens (tertiary/aromatic N) is 1. The number of amides is 1. The van der Waals surface area contributed by atoms with Crippen molar-refractivity contribution < 1.29 is 32.5 Å². The first-order valence-electron chi connectivity index (χ1n) is 10.7. The van der Waals surface area contributed by atoms with Crippen LogP contribution >= 0.6 is 0 Å². The average Bonchev–Trinajstić information content (AvgIpc) is 2.65. The van der Waals surface area contributed by atoms with E-state index in [-0.39, 0.29) is 25.9 Å². The van der Waals surface area contributed by atoms with E-state index in [1.165, 1.54) is 24.3 Å². The lowest BCUT2D eigenvalue weighted by Crippen LogP contribution is -2.65. The van der Waals surface area contributed by atoms with Crippen LogP contribution in [0.3, 0.4) is 0 Å². The molecule has 9 heteroatoms. The molecule has 1 aromatic rings. The predicted octanol–water partition coefficient (Wildman–Crippen LogP) is 3.72. The highest BCUT2D eigenvalue weighted by atomic mass is 19.3. The number of rotatable bonds is 4. The maximum absolute atomic E-state index is 13.7. The van der Waals surface area contributed by atoms with Crippen LogP contribution in [0.15, 0.2) is 24.3 Å². The molecule has 2 fully saturated rings.